The fourth-order valence-corrected chi connectivity index (χ4v) is 2.35. The molecular formula is C11H9ClN4O4S. The zero-order valence-corrected chi connectivity index (χ0v) is 12.0. The highest BCUT2D eigenvalue weighted by Gasteiger charge is 2.12. The summed E-state index contributed by atoms with van der Waals surface area (Å²) in [6, 6.07) is 3.89. The Hall–Kier alpha value is -2.23. The predicted molar refractivity (Wildman–Crippen MR) is 76.2 cm³/mol. The molecule has 0 unspecified atom stereocenters. The van der Waals surface area contributed by atoms with Crippen molar-refractivity contribution >= 4 is 34.5 Å². The topological polar surface area (TPSA) is 120 Å². The average Bonchev–Trinajstić information content (AvgIpc) is 2.93. The maximum atomic E-state index is 11.2. The number of hydrazine groups is 1. The molecule has 1 aromatic heterocycles. The van der Waals surface area contributed by atoms with E-state index in [0.29, 0.717) is 11.4 Å². The molecule has 21 heavy (non-hydrogen) atoms. The second kappa shape index (κ2) is 6.48. The van der Waals surface area contributed by atoms with E-state index in [-0.39, 0.29) is 22.3 Å². The number of aromatic nitrogens is 1. The van der Waals surface area contributed by atoms with Gasteiger partial charge in [0.15, 0.2) is 5.01 Å². The van der Waals surface area contributed by atoms with Gasteiger partial charge in [-0.1, -0.05) is 11.6 Å². The van der Waals surface area contributed by atoms with Crippen LogP contribution in [0.4, 0.5) is 5.69 Å². The molecule has 10 heteroatoms. The zero-order chi connectivity index (χ0) is 15.4. The molecule has 2 rings (SSSR count). The molecule has 0 bridgehead atoms. The van der Waals surface area contributed by atoms with E-state index >= 15 is 0 Å². The number of nitrogens with two attached hydrogens (primary N) is 1. The highest BCUT2D eigenvalue weighted by molar-refractivity contribution is 7.11. The van der Waals surface area contributed by atoms with Gasteiger partial charge in [-0.2, -0.15) is 0 Å². The second-order valence-corrected chi connectivity index (χ2v) is 5.04. The van der Waals surface area contributed by atoms with Gasteiger partial charge in [0.25, 0.3) is 11.6 Å². The Morgan fingerprint density at radius 2 is 2.33 bits per heavy atom. The Balaban J connectivity index is 2.04. The molecule has 0 spiro atoms. The Kier molecular flexibility index (Phi) is 4.68. The maximum absolute atomic E-state index is 11.2. The summed E-state index contributed by atoms with van der Waals surface area (Å²) >= 11 is 7.01. The van der Waals surface area contributed by atoms with Gasteiger partial charge in [0, 0.05) is 17.5 Å². The molecule has 1 amide bonds. The van der Waals surface area contributed by atoms with Crippen LogP contribution in [0.3, 0.4) is 0 Å². The van der Waals surface area contributed by atoms with Crippen LogP contribution in [0.2, 0.25) is 5.02 Å². The Labute approximate surface area is 127 Å². The molecule has 0 fully saturated rings. The van der Waals surface area contributed by atoms with Gasteiger partial charge in [0.05, 0.1) is 15.6 Å². The van der Waals surface area contributed by atoms with E-state index in [4.69, 9.17) is 22.2 Å². The number of rotatable bonds is 5. The van der Waals surface area contributed by atoms with Crippen LogP contribution in [0.25, 0.3) is 0 Å². The van der Waals surface area contributed by atoms with Crippen LogP contribution in [-0.4, -0.2) is 15.8 Å². The molecule has 1 aromatic carbocycles. The van der Waals surface area contributed by atoms with E-state index in [1.165, 1.54) is 18.2 Å². The Morgan fingerprint density at radius 1 is 1.57 bits per heavy atom. The van der Waals surface area contributed by atoms with Crippen LogP contribution in [-0.2, 0) is 6.61 Å². The first-order valence-corrected chi connectivity index (χ1v) is 6.79. The summed E-state index contributed by atoms with van der Waals surface area (Å²) in [5.74, 6) is 4.81. The van der Waals surface area contributed by atoms with Crippen molar-refractivity contribution < 1.29 is 14.5 Å². The van der Waals surface area contributed by atoms with Gasteiger partial charge < -0.3 is 4.74 Å². The second-order valence-electron chi connectivity index (χ2n) is 3.78. The maximum Gasteiger partial charge on any atom is 0.294 e. The Bertz CT molecular complexity index is 691. The molecule has 3 N–H and O–H groups in total. The summed E-state index contributed by atoms with van der Waals surface area (Å²) in [6.45, 7) is 0.0753. The number of nitrogens with zero attached hydrogens (tertiary/aromatic N) is 2. The third kappa shape index (κ3) is 3.66. The number of hydrogen-bond donors (Lipinski definition) is 2. The van der Waals surface area contributed by atoms with Crippen molar-refractivity contribution in [3.05, 3.63) is 49.4 Å². The third-order valence-corrected chi connectivity index (χ3v) is 3.56. The number of thiazole rings is 1. The van der Waals surface area contributed by atoms with Crippen molar-refractivity contribution in [2.24, 2.45) is 5.84 Å². The number of nitrogen functional groups attached to an aromatic ring is 1. The van der Waals surface area contributed by atoms with E-state index in [9.17, 15) is 14.9 Å². The van der Waals surface area contributed by atoms with Crippen LogP contribution in [0.15, 0.2) is 23.6 Å². The smallest absolute Gasteiger partial charge is 0.294 e. The lowest BCUT2D eigenvalue weighted by Gasteiger charge is -2.05. The minimum atomic E-state index is -0.548. The van der Waals surface area contributed by atoms with Crippen molar-refractivity contribution in [1.82, 2.24) is 10.4 Å². The quantitative estimate of drug-likeness (QED) is 0.374. The number of amides is 1. The SMILES string of the molecule is NNC(=O)c1nc(COc2ccc([N+](=O)[O-])cc2Cl)cs1. The minimum absolute atomic E-state index is 0.0753. The lowest BCUT2D eigenvalue weighted by Crippen LogP contribution is -2.29. The van der Waals surface area contributed by atoms with Crippen molar-refractivity contribution in [2.75, 3.05) is 0 Å². The van der Waals surface area contributed by atoms with E-state index < -0.39 is 10.8 Å². The molecule has 110 valence electrons. The number of benzene rings is 1. The molecule has 0 aliphatic carbocycles. The van der Waals surface area contributed by atoms with Crippen molar-refractivity contribution in [3.8, 4) is 5.75 Å². The van der Waals surface area contributed by atoms with Crippen molar-refractivity contribution in [2.45, 2.75) is 6.61 Å². The van der Waals surface area contributed by atoms with Crippen molar-refractivity contribution in [1.29, 1.82) is 0 Å². The predicted octanol–water partition coefficient (Wildman–Crippen LogP) is 1.89. The van der Waals surface area contributed by atoms with Gasteiger partial charge in [-0.15, -0.1) is 11.3 Å². The van der Waals surface area contributed by atoms with Crippen molar-refractivity contribution in [3.63, 3.8) is 0 Å². The number of halogens is 1. The summed E-state index contributed by atoms with van der Waals surface area (Å²) < 4.78 is 5.41. The fourth-order valence-electron chi connectivity index (χ4n) is 1.41. The van der Waals surface area contributed by atoms with Gasteiger partial charge in [-0.3, -0.25) is 20.3 Å². The van der Waals surface area contributed by atoms with Crippen LogP contribution in [0.5, 0.6) is 5.75 Å². The number of ether oxygens (including phenoxy) is 1. The van der Waals surface area contributed by atoms with Gasteiger partial charge >= 0.3 is 0 Å². The molecule has 0 atom stereocenters. The first-order valence-electron chi connectivity index (χ1n) is 5.53. The molecule has 2 aromatic rings. The van der Waals surface area contributed by atoms with Crippen LogP contribution in [0.1, 0.15) is 15.5 Å². The number of nitro groups is 1. The molecule has 0 saturated carbocycles. The average molecular weight is 329 g/mol. The summed E-state index contributed by atoms with van der Waals surface area (Å²) in [5, 5.41) is 12.6. The summed E-state index contributed by atoms with van der Waals surface area (Å²) in [4.78, 5) is 25.3. The number of hydrogen-bond acceptors (Lipinski definition) is 7. The van der Waals surface area contributed by atoms with E-state index in [1.54, 1.807) is 5.38 Å². The van der Waals surface area contributed by atoms with Crippen LogP contribution < -0.4 is 16.0 Å². The van der Waals surface area contributed by atoms with Gasteiger partial charge in [0.2, 0.25) is 0 Å². The number of nitrogens with one attached hydrogen (secondary N) is 1. The number of carbonyl (C=O) groups excluding carboxylic acids is 1. The first-order chi connectivity index (χ1) is 10.0. The minimum Gasteiger partial charge on any atom is -0.486 e. The first kappa shape index (κ1) is 15.2. The lowest BCUT2D eigenvalue weighted by molar-refractivity contribution is -0.384. The number of non-ortho nitro benzene ring substituents is 1. The Morgan fingerprint density at radius 3 is 2.95 bits per heavy atom. The zero-order valence-electron chi connectivity index (χ0n) is 10.4. The van der Waals surface area contributed by atoms with Crippen LogP contribution in [0, 0.1) is 10.1 Å². The lowest BCUT2D eigenvalue weighted by atomic mass is 10.3. The molecule has 0 radical (unpaired) electrons. The summed E-state index contributed by atoms with van der Waals surface area (Å²) in [6.07, 6.45) is 0. The standard InChI is InChI=1S/C11H9ClN4O4S/c12-8-3-7(16(18)19)1-2-9(8)20-4-6-5-21-11(14-6)10(17)15-13/h1-3,5H,4,13H2,(H,15,17). The molecule has 0 saturated heterocycles. The van der Waals surface area contributed by atoms with Gasteiger partial charge in [-0.25, -0.2) is 10.8 Å². The van der Waals surface area contributed by atoms with E-state index in [0.717, 1.165) is 11.3 Å². The normalized spacial score (nSPS) is 10.2. The molecule has 8 nitrogen and oxygen atoms in total. The number of carbonyl (C=O) groups is 1. The van der Waals surface area contributed by atoms with E-state index in [1.807, 2.05) is 5.43 Å². The monoisotopic (exact) mass is 328 g/mol. The van der Waals surface area contributed by atoms with Crippen LogP contribution >= 0.6 is 22.9 Å². The fraction of sp³-hybridized carbons (Fsp3) is 0.0909. The third-order valence-electron chi connectivity index (χ3n) is 2.38. The largest absolute Gasteiger partial charge is 0.486 e. The highest BCUT2D eigenvalue weighted by atomic mass is 35.5. The number of nitro benzene ring substituents is 1. The molecule has 1 heterocycles. The molecule has 0 aliphatic heterocycles. The van der Waals surface area contributed by atoms with E-state index in [2.05, 4.69) is 4.98 Å². The van der Waals surface area contributed by atoms with Gasteiger partial charge in [0.1, 0.15) is 12.4 Å². The highest BCUT2D eigenvalue weighted by Crippen LogP contribution is 2.29. The molecular weight excluding hydrogens is 320 g/mol. The van der Waals surface area contributed by atoms with Gasteiger partial charge in [-0.05, 0) is 6.07 Å². The molecule has 0 aliphatic rings. The summed E-state index contributed by atoms with van der Waals surface area (Å²) in [7, 11) is 0. The summed E-state index contributed by atoms with van der Waals surface area (Å²) in [5.41, 5.74) is 2.38.